The van der Waals surface area contributed by atoms with Crippen LogP contribution < -0.4 is 0 Å². The minimum Gasteiger partial charge on any atom is -0.456 e. The maximum Gasteiger partial charge on any atom is 0.164 e. The maximum atomic E-state index is 9.35. The van der Waals surface area contributed by atoms with E-state index in [1.54, 1.807) is 0 Å². The first-order valence-electron chi connectivity index (χ1n) is 14.7. The van der Waals surface area contributed by atoms with Gasteiger partial charge in [-0.05, 0) is 58.7 Å². The zero-order valence-corrected chi connectivity index (χ0v) is 24.1. The molecular formula is C40H24N4O. The summed E-state index contributed by atoms with van der Waals surface area (Å²) < 4.78 is 6.31. The second-order valence-electron chi connectivity index (χ2n) is 10.8. The van der Waals surface area contributed by atoms with Gasteiger partial charge in [0.05, 0.1) is 11.6 Å². The summed E-state index contributed by atoms with van der Waals surface area (Å²) in [6, 6.07) is 50.7. The zero-order valence-electron chi connectivity index (χ0n) is 24.1. The van der Waals surface area contributed by atoms with Gasteiger partial charge in [-0.1, -0.05) is 109 Å². The lowest BCUT2D eigenvalue weighted by Crippen LogP contribution is -2.00. The van der Waals surface area contributed by atoms with Crippen LogP contribution in [0.5, 0.6) is 0 Å². The molecule has 0 aliphatic heterocycles. The third kappa shape index (κ3) is 5.01. The molecule has 45 heavy (non-hydrogen) atoms. The van der Waals surface area contributed by atoms with Crippen LogP contribution in [0.3, 0.4) is 0 Å². The highest BCUT2D eigenvalue weighted by Crippen LogP contribution is 2.35. The lowest BCUT2D eigenvalue weighted by atomic mass is 10.0. The Kier molecular flexibility index (Phi) is 6.44. The van der Waals surface area contributed by atoms with E-state index in [2.05, 4.69) is 54.6 Å². The molecule has 8 aromatic rings. The van der Waals surface area contributed by atoms with Crippen LogP contribution in [-0.4, -0.2) is 15.0 Å². The van der Waals surface area contributed by atoms with Crippen LogP contribution in [0.2, 0.25) is 0 Å². The van der Waals surface area contributed by atoms with Crippen molar-refractivity contribution in [1.29, 1.82) is 5.26 Å². The molecule has 0 bridgehead atoms. The van der Waals surface area contributed by atoms with Crippen molar-refractivity contribution in [2.24, 2.45) is 0 Å². The minimum absolute atomic E-state index is 0.572. The molecule has 0 radical (unpaired) electrons. The molecule has 0 saturated carbocycles. The van der Waals surface area contributed by atoms with Crippen molar-refractivity contribution in [3.63, 3.8) is 0 Å². The topological polar surface area (TPSA) is 75.6 Å². The van der Waals surface area contributed by atoms with Gasteiger partial charge in [0.2, 0.25) is 0 Å². The molecule has 0 atom stereocenters. The van der Waals surface area contributed by atoms with Crippen molar-refractivity contribution in [2.75, 3.05) is 0 Å². The van der Waals surface area contributed by atoms with E-state index < -0.39 is 0 Å². The molecule has 0 saturated heterocycles. The molecule has 0 aliphatic rings. The number of nitrogens with zero attached hydrogens (tertiary/aromatic N) is 4. The largest absolute Gasteiger partial charge is 0.456 e. The van der Waals surface area contributed by atoms with E-state index in [1.807, 2.05) is 97.1 Å². The second kappa shape index (κ2) is 11.0. The number of aromatic nitrogens is 3. The monoisotopic (exact) mass is 576 g/mol. The van der Waals surface area contributed by atoms with Gasteiger partial charge in [-0.2, -0.15) is 5.26 Å². The van der Waals surface area contributed by atoms with E-state index in [9.17, 15) is 5.26 Å². The van der Waals surface area contributed by atoms with Gasteiger partial charge in [0.1, 0.15) is 11.2 Å². The molecule has 0 unspecified atom stereocenters. The number of hydrogen-bond donors (Lipinski definition) is 0. The van der Waals surface area contributed by atoms with Gasteiger partial charge in [0.25, 0.3) is 0 Å². The van der Waals surface area contributed by atoms with E-state index >= 15 is 0 Å². The van der Waals surface area contributed by atoms with Crippen LogP contribution in [0.25, 0.3) is 78.4 Å². The first-order valence-corrected chi connectivity index (χ1v) is 14.7. The summed E-state index contributed by atoms with van der Waals surface area (Å²) in [4.78, 5) is 14.7. The number of nitriles is 1. The molecule has 0 spiro atoms. The molecular weight excluding hydrogens is 552 g/mol. The van der Waals surface area contributed by atoms with Crippen LogP contribution in [0.15, 0.2) is 150 Å². The zero-order chi connectivity index (χ0) is 30.2. The quantitative estimate of drug-likeness (QED) is 0.204. The molecule has 0 amide bonds. The van der Waals surface area contributed by atoms with Crippen LogP contribution in [-0.2, 0) is 0 Å². The van der Waals surface area contributed by atoms with Crippen LogP contribution in [0.1, 0.15) is 5.56 Å². The molecule has 0 fully saturated rings. The summed E-state index contributed by atoms with van der Waals surface area (Å²) >= 11 is 0. The number of hydrogen-bond acceptors (Lipinski definition) is 5. The fourth-order valence-electron chi connectivity index (χ4n) is 5.66. The molecule has 2 aromatic heterocycles. The van der Waals surface area contributed by atoms with Gasteiger partial charge in [0.15, 0.2) is 17.5 Å². The van der Waals surface area contributed by atoms with Crippen LogP contribution in [0, 0.1) is 11.3 Å². The average molecular weight is 577 g/mol. The fourth-order valence-corrected chi connectivity index (χ4v) is 5.66. The average Bonchev–Trinajstić information content (AvgIpc) is 3.49. The Labute approximate surface area is 259 Å². The molecule has 6 aromatic carbocycles. The molecule has 5 heteroatoms. The van der Waals surface area contributed by atoms with Crippen LogP contribution in [0.4, 0.5) is 0 Å². The Hall–Kier alpha value is -6.38. The molecule has 0 N–H and O–H groups in total. The summed E-state index contributed by atoms with van der Waals surface area (Å²) in [7, 11) is 0. The Morgan fingerprint density at radius 2 is 0.933 bits per heavy atom. The third-order valence-electron chi connectivity index (χ3n) is 7.97. The van der Waals surface area contributed by atoms with Gasteiger partial charge >= 0.3 is 0 Å². The van der Waals surface area contributed by atoms with Gasteiger partial charge in [-0.25, -0.2) is 15.0 Å². The Balaban J connectivity index is 1.22. The van der Waals surface area contributed by atoms with E-state index in [1.165, 1.54) is 0 Å². The normalized spacial score (nSPS) is 11.1. The molecule has 0 aliphatic carbocycles. The van der Waals surface area contributed by atoms with Crippen LogP contribution >= 0.6 is 0 Å². The van der Waals surface area contributed by atoms with E-state index in [0.717, 1.165) is 60.9 Å². The van der Waals surface area contributed by atoms with E-state index in [4.69, 9.17) is 19.4 Å². The second-order valence-corrected chi connectivity index (χ2v) is 10.8. The van der Waals surface area contributed by atoms with Crippen molar-refractivity contribution in [2.45, 2.75) is 0 Å². The first-order chi connectivity index (χ1) is 22.2. The smallest absolute Gasteiger partial charge is 0.164 e. The van der Waals surface area contributed by atoms with Gasteiger partial charge in [0, 0.05) is 27.5 Å². The lowest BCUT2D eigenvalue weighted by Gasteiger charge is -2.09. The summed E-state index contributed by atoms with van der Waals surface area (Å²) in [5.41, 5.74) is 9.15. The number of benzene rings is 6. The van der Waals surface area contributed by atoms with Crippen molar-refractivity contribution < 1.29 is 4.42 Å². The Morgan fingerprint density at radius 3 is 1.64 bits per heavy atom. The Morgan fingerprint density at radius 1 is 0.400 bits per heavy atom. The van der Waals surface area contributed by atoms with Crippen molar-refractivity contribution in [3.8, 4) is 62.5 Å². The van der Waals surface area contributed by atoms with Crippen molar-refractivity contribution >= 4 is 21.9 Å². The van der Waals surface area contributed by atoms with E-state index in [0.29, 0.717) is 23.0 Å². The Bertz CT molecular complexity index is 2370. The molecule has 2 heterocycles. The predicted molar refractivity (Wildman–Crippen MR) is 179 cm³/mol. The predicted octanol–water partition coefficient (Wildman–Crippen LogP) is 9.98. The molecule has 210 valence electrons. The minimum atomic E-state index is 0.572. The van der Waals surface area contributed by atoms with Crippen molar-refractivity contribution in [3.05, 3.63) is 151 Å². The SMILES string of the molecule is N#Cc1cccc(-c2ccc3oc4cc(-c5nc(-c6ccccc6)nc(-c6ccc(-c7ccccc7)cc6)n5)ccc4c3c2)c1. The highest BCUT2D eigenvalue weighted by molar-refractivity contribution is 6.07. The van der Waals surface area contributed by atoms with Gasteiger partial charge in [-0.15, -0.1) is 0 Å². The summed E-state index contributed by atoms with van der Waals surface area (Å²) in [6.45, 7) is 0. The maximum absolute atomic E-state index is 9.35. The van der Waals surface area contributed by atoms with E-state index in [-0.39, 0.29) is 0 Å². The van der Waals surface area contributed by atoms with Gasteiger partial charge in [-0.3, -0.25) is 0 Å². The molecule has 8 rings (SSSR count). The first kappa shape index (κ1) is 26.3. The fraction of sp³-hybridized carbons (Fsp3) is 0. The van der Waals surface area contributed by atoms with Crippen molar-refractivity contribution in [1.82, 2.24) is 15.0 Å². The highest BCUT2D eigenvalue weighted by atomic mass is 16.3. The third-order valence-corrected chi connectivity index (χ3v) is 7.97. The number of fused-ring (bicyclic) bond motifs is 3. The highest BCUT2D eigenvalue weighted by Gasteiger charge is 2.15. The number of furan rings is 1. The summed E-state index contributed by atoms with van der Waals surface area (Å²) in [5.74, 6) is 1.78. The lowest BCUT2D eigenvalue weighted by molar-refractivity contribution is 0.669. The standard InChI is InChI=1S/C40H24N4O/c41-25-26-8-7-13-31(22-26)32-19-21-36-35(23-32)34-20-18-33(24-37(34)45-36)40-43-38(29-11-5-2-6-12-29)42-39(44-40)30-16-14-28(15-17-30)27-9-3-1-4-10-27/h1-24H. The van der Waals surface area contributed by atoms with Gasteiger partial charge < -0.3 is 4.42 Å². The summed E-state index contributed by atoms with van der Waals surface area (Å²) in [6.07, 6.45) is 0. The molecule has 5 nitrogen and oxygen atoms in total. The number of rotatable bonds is 5. The summed E-state index contributed by atoms with van der Waals surface area (Å²) in [5, 5.41) is 11.4.